The average molecular weight is 1750 g/mol. The average Bonchev–Trinajstić information content (AvgIpc) is 0.739. The number of phenolic OH excluding ortho intramolecular Hbond substituents is 1. The number of amides is 3. The Balaban J connectivity index is 0.718. The third-order valence-corrected chi connectivity index (χ3v) is 24.8. The van der Waals surface area contributed by atoms with Crippen molar-refractivity contribution in [2.24, 2.45) is 0 Å². The molecule has 0 spiro atoms. The lowest BCUT2D eigenvalue weighted by atomic mass is 9.98. The molecular weight excluding hydrogens is 1660 g/mol. The van der Waals surface area contributed by atoms with Gasteiger partial charge in [0.05, 0.1) is 93.6 Å². The zero-order valence-corrected chi connectivity index (χ0v) is 73.7. The van der Waals surface area contributed by atoms with Crippen molar-refractivity contribution in [2.75, 3.05) is 59.7 Å². The van der Waals surface area contributed by atoms with Gasteiger partial charge in [0.1, 0.15) is 40.7 Å². The standard InChI is InChI=1S/C93H93Cl3F3N19O7/c1-16-71(120)110-40-54(12)113(43-51(110)9)85-60-36-63(94)79(59-23-17-18-24-66(59)97)104-88(60)117(92(124)108-85)83-50(8)33-35-102-78(83)48(6)22-19-29-72(121)111-41-55(13)114(44-52(111)10)87-62-38-65(96)81(75-68(99)26-21-28-70(75)119)106-90(62)118(93(125)109-87)84-57(15)58(39-103-77(84)47(4)5)30-31-73(122)112-42-56(14)115(45-53(112)11)86-61-37-64(95)80(74-67(98)25-20-27-69(74)100)105-89(61)116(91(123)107-86)82-49(7)32-34-101-76(82)46(2)3/h16-21,23-39,46-48,51-56,119H,1,22,40-45,100H2,2-15H3/b29-19-,31-30?. The van der Waals surface area contributed by atoms with Crippen molar-refractivity contribution in [3.63, 3.8) is 0 Å². The first-order chi connectivity index (χ1) is 59.6. The number of piperazine rings is 3. The second-order valence-corrected chi connectivity index (χ2v) is 34.5. The Kier molecular flexibility index (Phi) is 24.2. The number of hydrogen-bond donors (Lipinski definition) is 2. The summed E-state index contributed by atoms with van der Waals surface area (Å²) < 4.78 is 51.8. The number of halogens is 6. The van der Waals surface area contributed by atoms with Crippen LogP contribution in [0, 0.1) is 38.2 Å². The normalized spacial score (nSPS) is 18.0. The molecule has 0 bridgehead atoms. The summed E-state index contributed by atoms with van der Waals surface area (Å²) in [6.45, 7) is 31.4. The molecule has 12 aromatic rings. The topological polar surface area (TPSA) is 299 Å². The van der Waals surface area contributed by atoms with Gasteiger partial charge in [0.15, 0.2) is 16.9 Å². The molecule has 7 unspecified atom stereocenters. The van der Waals surface area contributed by atoms with E-state index in [0.29, 0.717) is 74.6 Å². The van der Waals surface area contributed by atoms with E-state index in [-0.39, 0.29) is 174 Å². The molecule has 125 heavy (non-hydrogen) atoms. The van der Waals surface area contributed by atoms with E-state index in [0.717, 1.165) is 6.07 Å². The van der Waals surface area contributed by atoms with Crippen molar-refractivity contribution >= 4 is 115 Å². The second-order valence-electron chi connectivity index (χ2n) is 33.3. The first-order valence-electron chi connectivity index (χ1n) is 41.3. The largest absolute Gasteiger partial charge is 0.507 e. The Morgan fingerprint density at radius 2 is 0.920 bits per heavy atom. The fourth-order valence-electron chi connectivity index (χ4n) is 17.5. The number of rotatable bonds is 18. The van der Waals surface area contributed by atoms with E-state index >= 15 is 22.8 Å². The van der Waals surface area contributed by atoms with Gasteiger partial charge in [-0.2, -0.15) is 15.0 Å². The number of anilines is 4. The van der Waals surface area contributed by atoms with Gasteiger partial charge in [-0.15, -0.1) is 0 Å². The number of aryl methyl sites for hydroxylation is 2. The molecule has 3 saturated heterocycles. The quantitative estimate of drug-likeness (QED) is 0.0596. The Hall–Kier alpha value is -12.7. The van der Waals surface area contributed by atoms with E-state index in [1.54, 1.807) is 94.8 Å². The molecule has 26 nitrogen and oxygen atoms in total. The summed E-state index contributed by atoms with van der Waals surface area (Å²) >= 11 is 21.3. The summed E-state index contributed by atoms with van der Waals surface area (Å²) in [4.78, 5) is 143. The van der Waals surface area contributed by atoms with Crippen LogP contribution in [0.5, 0.6) is 5.75 Å². The van der Waals surface area contributed by atoms with Crippen LogP contribution in [0.4, 0.5) is 36.3 Å². The maximum atomic E-state index is 16.2. The van der Waals surface area contributed by atoms with Gasteiger partial charge in [-0.25, -0.2) is 56.2 Å². The number of aromatic hydroxyl groups is 1. The van der Waals surface area contributed by atoms with Gasteiger partial charge in [0.25, 0.3) is 0 Å². The minimum atomic E-state index is -0.841. The van der Waals surface area contributed by atoms with Crippen molar-refractivity contribution < 1.29 is 32.7 Å². The highest BCUT2D eigenvalue weighted by molar-refractivity contribution is 6.35. The highest BCUT2D eigenvalue weighted by Crippen LogP contribution is 2.44. The summed E-state index contributed by atoms with van der Waals surface area (Å²) in [7, 11) is 0. The molecule has 12 heterocycles. The van der Waals surface area contributed by atoms with Gasteiger partial charge in [-0.1, -0.05) is 106 Å². The SMILES string of the molecule is C=CC(=O)N1CC(C)N(c2nc(=O)n(-c3c(C)ccnc3C(C)C/C=C\C(=O)N3CC(C)N(c4nc(=O)n(-c5c(C(C)C)ncc(C=CC(=O)N6CC(C)N(c7nc(=O)n(-c8c(C)ccnc8C(C)C)c8nc(-c9c(N)cccc9F)c(Cl)cc78)CC6C)c5C)c5nc(-c6c(O)cccc6F)c(Cl)cc45)CC3C)c3nc(-c4ccccc4F)c(Cl)cc23)CC1C. The number of pyridine rings is 6. The van der Waals surface area contributed by atoms with Crippen LogP contribution in [0.1, 0.15) is 140 Å². The Labute approximate surface area is 733 Å². The number of nitrogens with zero attached hydrogens (tertiary/aromatic N) is 18. The number of carbonyl (C=O) groups is 3. The van der Waals surface area contributed by atoms with Crippen LogP contribution in [0.2, 0.25) is 15.1 Å². The highest BCUT2D eigenvalue weighted by Gasteiger charge is 2.40. The van der Waals surface area contributed by atoms with E-state index in [1.165, 1.54) is 74.4 Å². The maximum absolute atomic E-state index is 16.2. The molecule has 7 atom stereocenters. The number of fused-ring (bicyclic) bond motifs is 3. The van der Waals surface area contributed by atoms with Crippen molar-refractivity contribution in [1.29, 1.82) is 0 Å². The summed E-state index contributed by atoms with van der Waals surface area (Å²) in [6, 6.07) is 19.8. The second kappa shape index (κ2) is 34.8. The van der Waals surface area contributed by atoms with Gasteiger partial charge in [0.2, 0.25) is 17.7 Å². The number of carbonyl (C=O) groups excluding carboxylic acids is 3. The van der Waals surface area contributed by atoms with Gasteiger partial charge in [-0.3, -0.25) is 29.3 Å². The molecule has 3 N–H and O–H groups in total. The highest BCUT2D eigenvalue weighted by atomic mass is 35.5. The number of nitrogens with two attached hydrogens (primary N) is 1. The Morgan fingerprint density at radius 1 is 0.504 bits per heavy atom. The van der Waals surface area contributed by atoms with Gasteiger partial charge in [0, 0.05) is 117 Å². The summed E-state index contributed by atoms with van der Waals surface area (Å²) in [5.74, 6) is -3.70. The summed E-state index contributed by atoms with van der Waals surface area (Å²) in [5, 5.41) is 12.4. The third-order valence-electron chi connectivity index (χ3n) is 23.9. The molecule has 644 valence electrons. The maximum Gasteiger partial charge on any atom is 0.355 e. The third kappa shape index (κ3) is 16.0. The lowest BCUT2D eigenvalue weighted by Gasteiger charge is -2.44. The van der Waals surface area contributed by atoms with Gasteiger partial charge < -0.3 is 40.2 Å². The molecule has 3 aliphatic heterocycles. The van der Waals surface area contributed by atoms with E-state index in [9.17, 15) is 24.3 Å². The van der Waals surface area contributed by atoms with Crippen LogP contribution < -0.4 is 37.5 Å². The lowest BCUT2D eigenvalue weighted by Crippen LogP contribution is -2.58. The number of benzene rings is 3. The number of hydrogen-bond acceptors (Lipinski definition) is 20. The van der Waals surface area contributed by atoms with Crippen LogP contribution >= 0.6 is 34.8 Å². The van der Waals surface area contributed by atoms with E-state index in [4.69, 9.17) is 80.4 Å². The van der Waals surface area contributed by atoms with Crippen LogP contribution in [-0.4, -0.2) is 172 Å². The number of nitrogen functional groups attached to an aromatic ring is 1. The molecule has 0 saturated carbocycles. The predicted molar refractivity (Wildman–Crippen MR) is 484 cm³/mol. The van der Waals surface area contributed by atoms with Crippen molar-refractivity contribution in [3.05, 3.63) is 244 Å². The molecule has 9 aromatic heterocycles. The molecule has 0 aliphatic carbocycles. The molecule has 3 amide bonds. The molecule has 0 radical (unpaired) electrons. The Bertz CT molecular complexity index is 6660. The summed E-state index contributed by atoms with van der Waals surface area (Å²) in [6.07, 6.45) is 12.7. The molecule has 3 fully saturated rings. The van der Waals surface area contributed by atoms with E-state index < -0.39 is 70.4 Å². The molecule has 15 rings (SSSR count). The molecule has 32 heteroatoms. The van der Waals surface area contributed by atoms with Gasteiger partial charge in [-0.05, 0) is 188 Å². The Morgan fingerprint density at radius 3 is 1.40 bits per heavy atom. The number of aromatic nitrogens is 12. The van der Waals surface area contributed by atoms with Crippen molar-refractivity contribution in [2.45, 2.75) is 157 Å². The molecule has 3 aromatic carbocycles. The van der Waals surface area contributed by atoms with Crippen molar-refractivity contribution in [3.8, 4) is 56.6 Å². The minimum Gasteiger partial charge on any atom is -0.507 e. The first kappa shape index (κ1) is 87.2. The first-order valence-corrected chi connectivity index (χ1v) is 42.5. The zero-order valence-electron chi connectivity index (χ0n) is 71.4. The fraction of sp³-hybridized carbons (Fsp3) is 0.323. The van der Waals surface area contributed by atoms with Gasteiger partial charge >= 0.3 is 17.1 Å². The lowest BCUT2D eigenvalue weighted by molar-refractivity contribution is -0.129. The van der Waals surface area contributed by atoms with Crippen LogP contribution in [-0.2, 0) is 14.4 Å². The van der Waals surface area contributed by atoms with Crippen molar-refractivity contribution in [1.82, 2.24) is 73.3 Å². The number of allylic oxidation sites excluding steroid dienone is 1. The van der Waals surface area contributed by atoms with E-state index in [1.807, 2.05) is 105 Å². The van der Waals surface area contributed by atoms with E-state index in [2.05, 4.69) is 11.6 Å². The molecule has 3 aliphatic rings. The predicted octanol–water partition coefficient (Wildman–Crippen LogP) is 15.9. The smallest absolute Gasteiger partial charge is 0.355 e. The molecular formula is C93H93Cl3F3N19O7. The monoisotopic (exact) mass is 1750 g/mol. The van der Waals surface area contributed by atoms with Crippen LogP contribution in [0.3, 0.4) is 0 Å². The number of phenols is 1. The fourth-order valence-corrected chi connectivity index (χ4v) is 18.2. The van der Waals surface area contributed by atoms with Crippen LogP contribution in [0.25, 0.3) is 90.0 Å². The minimum absolute atomic E-state index is 0.0196. The zero-order chi connectivity index (χ0) is 89.5. The van der Waals surface area contributed by atoms with Crippen LogP contribution in [0.15, 0.2) is 155 Å². The summed E-state index contributed by atoms with van der Waals surface area (Å²) in [5.41, 5.74) is 9.18.